The summed E-state index contributed by atoms with van der Waals surface area (Å²) in [5.41, 5.74) is 4.75. The van der Waals surface area contributed by atoms with Crippen LogP contribution in [-0.2, 0) is 6.54 Å². The molecule has 3 aromatic rings. The van der Waals surface area contributed by atoms with Crippen molar-refractivity contribution in [2.24, 2.45) is 5.10 Å². The highest BCUT2D eigenvalue weighted by Gasteiger charge is 2.12. The van der Waals surface area contributed by atoms with E-state index >= 15 is 0 Å². The van der Waals surface area contributed by atoms with E-state index in [1.807, 2.05) is 31.2 Å². The second-order valence-electron chi connectivity index (χ2n) is 6.65. The van der Waals surface area contributed by atoms with E-state index in [-0.39, 0.29) is 11.1 Å². The molecule has 154 valence electrons. The second-order valence-corrected chi connectivity index (χ2v) is 6.65. The van der Waals surface area contributed by atoms with Gasteiger partial charge in [-0.2, -0.15) is 5.10 Å². The number of nitrogens with zero attached hydrogens (tertiary/aromatic N) is 2. The molecule has 1 amide bonds. The monoisotopic (exact) mass is 405 g/mol. The number of amides is 1. The largest absolute Gasteiger partial charge is 0.497 e. The van der Waals surface area contributed by atoms with Gasteiger partial charge in [-0.3, -0.25) is 9.59 Å². The maximum atomic E-state index is 12.7. The van der Waals surface area contributed by atoms with Gasteiger partial charge in [-0.15, -0.1) is 0 Å². The van der Waals surface area contributed by atoms with Crippen LogP contribution in [0.5, 0.6) is 11.5 Å². The lowest BCUT2D eigenvalue weighted by atomic mass is 10.1. The molecule has 1 aromatic heterocycles. The van der Waals surface area contributed by atoms with Crippen LogP contribution in [0.25, 0.3) is 0 Å². The number of aryl methyl sites for hydroxylation is 1. The van der Waals surface area contributed by atoms with Gasteiger partial charge in [0.2, 0.25) is 0 Å². The maximum absolute atomic E-state index is 12.7. The molecule has 1 heterocycles. The van der Waals surface area contributed by atoms with E-state index in [2.05, 4.69) is 10.5 Å². The third kappa shape index (κ3) is 4.94. The highest BCUT2D eigenvalue weighted by molar-refractivity contribution is 5.94. The average molecular weight is 405 g/mol. The lowest BCUT2D eigenvalue weighted by Gasteiger charge is -2.08. The highest BCUT2D eigenvalue weighted by Crippen LogP contribution is 2.22. The van der Waals surface area contributed by atoms with Crippen LogP contribution in [0.1, 0.15) is 27.0 Å². The van der Waals surface area contributed by atoms with Gasteiger partial charge in [-0.25, -0.2) is 5.43 Å². The number of aromatic nitrogens is 1. The van der Waals surface area contributed by atoms with Crippen LogP contribution in [0.15, 0.2) is 70.7 Å². The number of hydrogen-bond acceptors (Lipinski definition) is 5. The lowest BCUT2D eigenvalue weighted by Crippen LogP contribution is -2.30. The number of ether oxygens (including phenoxy) is 2. The van der Waals surface area contributed by atoms with Crippen LogP contribution in [0, 0.1) is 6.92 Å². The summed E-state index contributed by atoms with van der Waals surface area (Å²) in [5, 5.41) is 3.96. The normalized spacial score (nSPS) is 10.8. The van der Waals surface area contributed by atoms with Crippen LogP contribution in [0.4, 0.5) is 0 Å². The molecule has 30 heavy (non-hydrogen) atoms. The van der Waals surface area contributed by atoms with Gasteiger partial charge < -0.3 is 14.0 Å². The van der Waals surface area contributed by atoms with Crippen molar-refractivity contribution in [1.82, 2.24) is 9.99 Å². The van der Waals surface area contributed by atoms with E-state index in [1.165, 1.54) is 16.8 Å². The van der Waals surface area contributed by atoms with Crippen molar-refractivity contribution >= 4 is 12.1 Å². The van der Waals surface area contributed by atoms with E-state index < -0.39 is 5.91 Å². The Hall–Kier alpha value is -3.87. The fraction of sp³-hybridized carbons (Fsp3) is 0.174. The topological polar surface area (TPSA) is 81.9 Å². The summed E-state index contributed by atoms with van der Waals surface area (Å²) >= 11 is 0. The first-order valence-electron chi connectivity index (χ1n) is 9.32. The molecule has 0 fully saturated rings. The second kappa shape index (κ2) is 9.56. The fourth-order valence-electron chi connectivity index (χ4n) is 3.00. The smallest absolute Gasteiger partial charge is 0.276 e. The van der Waals surface area contributed by atoms with Gasteiger partial charge >= 0.3 is 0 Å². The molecule has 0 atom stereocenters. The number of methoxy groups -OCH3 is 2. The van der Waals surface area contributed by atoms with Gasteiger partial charge in [0.25, 0.3) is 11.5 Å². The zero-order valence-corrected chi connectivity index (χ0v) is 17.1. The summed E-state index contributed by atoms with van der Waals surface area (Å²) in [4.78, 5) is 25.2. The average Bonchev–Trinajstić information content (AvgIpc) is 2.75. The van der Waals surface area contributed by atoms with E-state index in [9.17, 15) is 9.59 Å². The molecular formula is C23H23N3O4. The lowest BCUT2D eigenvalue weighted by molar-refractivity contribution is 0.0953. The molecular weight excluding hydrogens is 382 g/mol. The van der Waals surface area contributed by atoms with Gasteiger partial charge in [-0.05, 0) is 42.8 Å². The Morgan fingerprint density at radius 3 is 2.67 bits per heavy atom. The standard InChI is InChI=1S/C23H23N3O4/c1-16-6-4-7-17(12-16)15-26-11-5-8-20(23(26)28)22(27)25-24-14-18-13-19(29-2)9-10-21(18)30-3/h4-14H,15H2,1-3H3,(H,25,27)/b24-14-. The summed E-state index contributed by atoms with van der Waals surface area (Å²) in [6.45, 7) is 2.37. The molecule has 1 N–H and O–H groups in total. The molecule has 0 saturated heterocycles. The van der Waals surface area contributed by atoms with Crippen LogP contribution in [-0.4, -0.2) is 30.9 Å². The Bertz CT molecular complexity index is 1140. The van der Waals surface area contributed by atoms with Gasteiger partial charge in [0, 0.05) is 11.8 Å². The third-order valence-corrected chi connectivity index (χ3v) is 4.51. The molecule has 0 unspecified atom stereocenters. The van der Waals surface area contributed by atoms with Crippen molar-refractivity contribution < 1.29 is 14.3 Å². The summed E-state index contributed by atoms with van der Waals surface area (Å²) in [6.07, 6.45) is 3.10. The van der Waals surface area contributed by atoms with Crippen molar-refractivity contribution in [3.8, 4) is 11.5 Å². The quantitative estimate of drug-likeness (QED) is 0.484. The first-order valence-corrected chi connectivity index (χ1v) is 9.32. The van der Waals surface area contributed by atoms with E-state index in [0.717, 1.165) is 11.1 Å². The zero-order valence-electron chi connectivity index (χ0n) is 17.1. The Kier molecular flexibility index (Phi) is 6.64. The first kappa shape index (κ1) is 20.9. The molecule has 0 bridgehead atoms. The third-order valence-electron chi connectivity index (χ3n) is 4.51. The van der Waals surface area contributed by atoms with Crippen molar-refractivity contribution in [3.63, 3.8) is 0 Å². The summed E-state index contributed by atoms with van der Waals surface area (Å²) in [5.74, 6) is 0.622. The summed E-state index contributed by atoms with van der Waals surface area (Å²) in [6, 6.07) is 16.2. The Labute approximate surface area is 174 Å². The number of rotatable bonds is 7. The SMILES string of the molecule is COc1ccc(OC)c(/C=N\NC(=O)c2cccn(Cc3cccc(C)c3)c2=O)c1. The minimum absolute atomic E-state index is 0.0138. The fourth-order valence-corrected chi connectivity index (χ4v) is 3.00. The number of hydrazone groups is 1. The van der Waals surface area contributed by atoms with Gasteiger partial charge in [0.1, 0.15) is 17.1 Å². The number of carbonyl (C=O) groups is 1. The number of benzene rings is 2. The number of pyridine rings is 1. The van der Waals surface area contributed by atoms with E-state index in [4.69, 9.17) is 9.47 Å². The number of nitrogens with one attached hydrogen (secondary N) is 1. The number of carbonyl (C=O) groups excluding carboxylic acids is 1. The summed E-state index contributed by atoms with van der Waals surface area (Å²) < 4.78 is 12.0. The van der Waals surface area contributed by atoms with Crippen molar-refractivity contribution in [1.29, 1.82) is 0 Å². The number of hydrogen-bond donors (Lipinski definition) is 1. The Morgan fingerprint density at radius 1 is 1.10 bits per heavy atom. The minimum Gasteiger partial charge on any atom is -0.497 e. The van der Waals surface area contributed by atoms with E-state index in [1.54, 1.807) is 44.7 Å². The molecule has 0 spiro atoms. The minimum atomic E-state index is -0.586. The molecule has 7 nitrogen and oxygen atoms in total. The van der Waals surface area contributed by atoms with Crippen LogP contribution in [0.2, 0.25) is 0 Å². The van der Waals surface area contributed by atoms with Crippen molar-refractivity contribution in [2.45, 2.75) is 13.5 Å². The molecule has 0 saturated carbocycles. The molecule has 2 aromatic carbocycles. The van der Waals surface area contributed by atoms with Gasteiger partial charge in [0.15, 0.2) is 0 Å². The Morgan fingerprint density at radius 2 is 1.93 bits per heavy atom. The van der Waals surface area contributed by atoms with Crippen molar-refractivity contribution in [2.75, 3.05) is 14.2 Å². The molecule has 0 aliphatic heterocycles. The molecule has 0 radical (unpaired) electrons. The maximum Gasteiger partial charge on any atom is 0.276 e. The Balaban J connectivity index is 1.76. The summed E-state index contributed by atoms with van der Waals surface area (Å²) in [7, 11) is 3.10. The first-order chi connectivity index (χ1) is 14.5. The highest BCUT2D eigenvalue weighted by atomic mass is 16.5. The van der Waals surface area contributed by atoms with E-state index in [0.29, 0.717) is 23.6 Å². The van der Waals surface area contributed by atoms with Crippen molar-refractivity contribution in [3.05, 3.63) is 93.4 Å². The van der Waals surface area contributed by atoms with Crippen LogP contribution in [0.3, 0.4) is 0 Å². The molecule has 3 rings (SSSR count). The predicted octanol–water partition coefficient (Wildman–Crippen LogP) is 2.99. The predicted molar refractivity (Wildman–Crippen MR) is 116 cm³/mol. The zero-order chi connectivity index (χ0) is 21.5. The molecule has 0 aliphatic rings. The molecule has 0 aliphatic carbocycles. The van der Waals surface area contributed by atoms with Crippen LogP contribution < -0.4 is 20.5 Å². The van der Waals surface area contributed by atoms with Gasteiger partial charge in [0.05, 0.1) is 27.0 Å². The molecule has 7 heteroatoms. The van der Waals surface area contributed by atoms with Crippen LogP contribution >= 0.6 is 0 Å². The van der Waals surface area contributed by atoms with Gasteiger partial charge in [-0.1, -0.05) is 29.8 Å².